The quantitative estimate of drug-likeness (QED) is 0.171. The minimum absolute atomic E-state index is 0.0438. The number of ether oxygens (including phenoxy) is 1. The van der Waals surface area contributed by atoms with Crippen LogP contribution in [-0.2, 0) is 4.79 Å². The van der Waals surface area contributed by atoms with Crippen LogP contribution in [0.25, 0.3) is 6.20 Å². The first-order valence-corrected chi connectivity index (χ1v) is 13.4. The summed E-state index contributed by atoms with van der Waals surface area (Å²) in [5.41, 5.74) is -1.18. The summed E-state index contributed by atoms with van der Waals surface area (Å²) in [5, 5.41) is 9.54. The molecule has 5 nitrogen and oxygen atoms in total. The normalized spacial score (nSPS) is 11.6. The van der Waals surface area contributed by atoms with Crippen LogP contribution in [0.4, 0.5) is 0 Å². The molecule has 0 aliphatic rings. The highest BCUT2D eigenvalue weighted by Gasteiger charge is 2.26. The first-order valence-electron chi connectivity index (χ1n) is 13.4. The van der Waals surface area contributed by atoms with Gasteiger partial charge in [0.25, 0.3) is 0 Å². The molecule has 0 saturated carbocycles. The Hall–Kier alpha value is -2.35. The van der Waals surface area contributed by atoms with Crippen molar-refractivity contribution in [1.82, 2.24) is 4.57 Å². The molecule has 0 saturated heterocycles. The molecule has 0 amide bonds. The maximum atomic E-state index is 12.2. The lowest BCUT2D eigenvalue weighted by molar-refractivity contribution is -0.143. The molecule has 190 valence electrons. The van der Waals surface area contributed by atoms with Gasteiger partial charge in [-0.3, -0.25) is 9.59 Å². The number of hydrogen-bond donors (Lipinski definition) is 0. The molecule has 0 radical (unpaired) electrons. The van der Waals surface area contributed by atoms with Crippen molar-refractivity contribution in [3.8, 4) is 11.8 Å². The van der Waals surface area contributed by atoms with Crippen molar-refractivity contribution in [2.75, 3.05) is 0 Å². The minimum Gasteiger partial charge on any atom is -0.419 e. The van der Waals surface area contributed by atoms with Crippen LogP contribution in [0, 0.1) is 16.7 Å². The van der Waals surface area contributed by atoms with Crippen molar-refractivity contribution in [1.29, 1.82) is 5.26 Å². The number of hydrogen-bond acceptors (Lipinski definition) is 4. The van der Waals surface area contributed by atoms with Gasteiger partial charge in [0.2, 0.25) is 11.2 Å². The lowest BCUT2D eigenvalue weighted by Gasteiger charge is -2.17. The second-order valence-corrected chi connectivity index (χ2v) is 10.3. The van der Waals surface area contributed by atoms with E-state index in [0.29, 0.717) is 0 Å². The Morgan fingerprint density at radius 1 is 0.941 bits per heavy atom. The molecule has 1 aromatic heterocycles. The highest BCUT2D eigenvalue weighted by molar-refractivity contribution is 5.78. The molecule has 0 aromatic carbocycles. The molecular formula is C29H46N2O3. The van der Waals surface area contributed by atoms with Crippen LogP contribution >= 0.6 is 0 Å². The number of esters is 1. The summed E-state index contributed by atoms with van der Waals surface area (Å²) in [5.74, 6) is -0.740. The Kier molecular flexibility index (Phi) is 15.0. The smallest absolute Gasteiger partial charge is 0.316 e. The molecule has 5 heteroatoms. The van der Waals surface area contributed by atoms with Crippen LogP contribution in [0.5, 0.6) is 5.75 Å². The van der Waals surface area contributed by atoms with Crippen LogP contribution in [0.1, 0.15) is 130 Å². The first-order chi connectivity index (χ1) is 16.3. The molecule has 0 aliphatic heterocycles. The molecule has 0 atom stereocenters. The van der Waals surface area contributed by atoms with Gasteiger partial charge in [-0.1, -0.05) is 96.5 Å². The second kappa shape index (κ2) is 17.1. The van der Waals surface area contributed by atoms with Crippen LogP contribution in [0.2, 0.25) is 0 Å². The zero-order valence-electron chi connectivity index (χ0n) is 22.0. The number of carbonyl (C=O) groups excluding carboxylic acids is 1. The van der Waals surface area contributed by atoms with Crippen molar-refractivity contribution in [3.63, 3.8) is 0 Å². The van der Waals surface area contributed by atoms with Gasteiger partial charge >= 0.3 is 5.97 Å². The number of allylic oxidation sites excluding steroid dienone is 1. The van der Waals surface area contributed by atoms with E-state index in [0.717, 1.165) is 12.8 Å². The lowest BCUT2D eigenvalue weighted by Crippen LogP contribution is -2.28. The Morgan fingerprint density at radius 3 is 1.91 bits per heavy atom. The lowest BCUT2D eigenvalue weighted by atomic mass is 9.97. The fraction of sp³-hybridized carbons (Fsp3) is 0.690. The summed E-state index contributed by atoms with van der Waals surface area (Å²) >= 11 is 0. The number of pyridine rings is 1. The molecule has 0 spiro atoms. The monoisotopic (exact) mass is 470 g/mol. The largest absolute Gasteiger partial charge is 0.419 e. The van der Waals surface area contributed by atoms with Gasteiger partial charge in [0.1, 0.15) is 6.07 Å². The maximum Gasteiger partial charge on any atom is 0.316 e. The minimum atomic E-state index is -0.760. The average molecular weight is 471 g/mol. The fourth-order valence-corrected chi connectivity index (χ4v) is 3.75. The zero-order chi connectivity index (χ0) is 25.2. The number of carbonyl (C=O) groups is 1. The van der Waals surface area contributed by atoms with Gasteiger partial charge in [-0.15, -0.1) is 0 Å². The van der Waals surface area contributed by atoms with Crippen LogP contribution in [-0.4, -0.2) is 10.5 Å². The van der Waals surface area contributed by atoms with Gasteiger partial charge in [-0.25, -0.2) is 0 Å². The Morgan fingerprint density at radius 2 is 1.44 bits per heavy atom. The van der Waals surface area contributed by atoms with E-state index in [4.69, 9.17) is 4.74 Å². The first kappa shape index (κ1) is 29.7. The SMILES string of the molecule is CCCCCCCCCCCCCCCCC=Cn1ccc(=O)c(OC(=O)C(C)(C)C)c1C#N. The van der Waals surface area contributed by atoms with Gasteiger partial charge in [-0.05, 0) is 33.6 Å². The Labute approximate surface area is 207 Å². The summed E-state index contributed by atoms with van der Waals surface area (Å²) in [7, 11) is 0. The molecule has 1 rings (SSSR count). The standard InChI is InChI=1S/C29H46N2O3/c1-5-6-7-8-9-10-11-12-13-14-15-16-17-18-19-20-22-31-23-21-26(32)27(25(31)24-30)34-28(33)29(2,3)4/h20-23H,5-19H2,1-4H3. The Balaban J connectivity index is 2.27. The van der Waals surface area contributed by atoms with E-state index >= 15 is 0 Å². The van der Waals surface area contributed by atoms with E-state index in [1.54, 1.807) is 31.5 Å². The van der Waals surface area contributed by atoms with E-state index in [9.17, 15) is 14.9 Å². The molecule has 34 heavy (non-hydrogen) atoms. The predicted molar refractivity (Wildman–Crippen MR) is 141 cm³/mol. The molecule has 0 bridgehead atoms. The second-order valence-electron chi connectivity index (χ2n) is 10.3. The molecule has 0 N–H and O–H groups in total. The maximum absolute atomic E-state index is 12.2. The molecular weight excluding hydrogens is 424 g/mol. The third kappa shape index (κ3) is 12.2. The highest BCUT2D eigenvalue weighted by Crippen LogP contribution is 2.20. The molecule has 0 unspecified atom stereocenters. The summed E-state index contributed by atoms with van der Waals surface area (Å²) < 4.78 is 6.83. The highest BCUT2D eigenvalue weighted by atomic mass is 16.5. The molecule has 1 aromatic rings. The van der Waals surface area contributed by atoms with Crippen molar-refractivity contribution in [2.24, 2.45) is 5.41 Å². The predicted octanol–water partition coefficient (Wildman–Crippen LogP) is 8.01. The average Bonchev–Trinajstić information content (AvgIpc) is 2.80. The number of aromatic nitrogens is 1. The topological polar surface area (TPSA) is 72.1 Å². The van der Waals surface area contributed by atoms with Gasteiger partial charge in [-0.2, -0.15) is 5.26 Å². The molecule has 0 aliphatic carbocycles. The summed E-state index contributed by atoms with van der Waals surface area (Å²) in [4.78, 5) is 24.4. The van der Waals surface area contributed by atoms with Crippen LogP contribution in [0.3, 0.4) is 0 Å². The van der Waals surface area contributed by atoms with E-state index in [2.05, 4.69) is 6.92 Å². The van der Waals surface area contributed by atoms with Crippen LogP contribution in [0.15, 0.2) is 23.1 Å². The van der Waals surface area contributed by atoms with E-state index in [1.165, 1.54) is 95.7 Å². The third-order valence-electron chi connectivity index (χ3n) is 5.99. The summed E-state index contributed by atoms with van der Waals surface area (Å²) in [6.07, 6.45) is 24.9. The number of unbranched alkanes of at least 4 members (excludes halogenated alkanes) is 14. The molecule has 1 heterocycles. The van der Waals surface area contributed by atoms with E-state index in [1.807, 2.05) is 12.1 Å². The summed E-state index contributed by atoms with van der Waals surface area (Å²) in [6.45, 7) is 7.39. The van der Waals surface area contributed by atoms with Crippen LogP contribution < -0.4 is 10.2 Å². The van der Waals surface area contributed by atoms with Crippen molar-refractivity contribution in [2.45, 2.75) is 124 Å². The van der Waals surface area contributed by atoms with Crippen molar-refractivity contribution >= 4 is 12.2 Å². The third-order valence-corrected chi connectivity index (χ3v) is 5.99. The number of rotatable bonds is 17. The molecule has 0 fully saturated rings. The van der Waals surface area contributed by atoms with E-state index < -0.39 is 16.8 Å². The zero-order valence-corrected chi connectivity index (χ0v) is 22.0. The van der Waals surface area contributed by atoms with Gasteiger partial charge in [0.15, 0.2) is 5.69 Å². The number of nitrogens with zero attached hydrogens (tertiary/aromatic N) is 2. The fourth-order valence-electron chi connectivity index (χ4n) is 3.75. The van der Waals surface area contributed by atoms with Gasteiger partial charge in [0, 0.05) is 18.5 Å². The van der Waals surface area contributed by atoms with Gasteiger partial charge in [0.05, 0.1) is 5.41 Å². The van der Waals surface area contributed by atoms with Crippen molar-refractivity contribution < 1.29 is 9.53 Å². The van der Waals surface area contributed by atoms with Gasteiger partial charge < -0.3 is 9.30 Å². The van der Waals surface area contributed by atoms with E-state index in [-0.39, 0.29) is 11.4 Å². The van der Waals surface area contributed by atoms with Crippen molar-refractivity contribution in [3.05, 3.63) is 34.3 Å². The number of nitriles is 1. The summed E-state index contributed by atoms with van der Waals surface area (Å²) in [6, 6.07) is 3.32. The Bertz CT molecular complexity index is 840.